The van der Waals surface area contributed by atoms with Gasteiger partial charge in [-0.25, -0.2) is 0 Å². The first-order valence-corrected chi connectivity index (χ1v) is 2.46. The van der Waals surface area contributed by atoms with Gasteiger partial charge in [0.2, 0.25) is 0 Å². The average molecular weight is 119 g/mol. The fraction of sp³-hybridized carbons (Fsp3) is 0. The minimum Gasteiger partial charge on any atom is -0.472 e. The Morgan fingerprint density at radius 1 is 1.78 bits per heavy atom. The molecule has 0 amide bonds. The molecule has 1 rings (SSSR count). The predicted octanol–water partition coefficient (Wildman–Crippen LogP) is 1.82. The molecule has 0 unspecified atom stereocenters. The van der Waals surface area contributed by atoms with Gasteiger partial charge in [-0.2, -0.15) is 5.26 Å². The largest absolute Gasteiger partial charge is 0.472 e. The third-order valence-corrected chi connectivity index (χ3v) is 1.00. The molecule has 0 N–H and O–H groups in total. The summed E-state index contributed by atoms with van der Waals surface area (Å²) in [6, 6.07) is 3.61. The lowest BCUT2D eigenvalue weighted by Crippen LogP contribution is -1.69. The van der Waals surface area contributed by atoms with E-state index in [1.807, 2.05) is 6.07 Å². The summed E-state index contributed by atoms with van der Waals surface area (Å²) >= 11 is 0. The summed E-state index contributed by atoms with van der Waals surface area (Å²) in [6.07, 6.45) is 3.00. The van der Waals surface area contributed by atoms with Crippen LogP contribution in [0, 0.1) is 11.3 Å². The summed E-state index contributed by atoms with van der Waals surface area (Å²) in [5.41, 5.74) is 1.18. The van der Waals surface area contributed by atoms with Gasteiger partial charge in [0.25, 0.3) is 0 Å². The lowest BCUT2D eigenvalue weighted by Gasteiger charge is -1.82. The van der Waals surface area contributed by atoms with Crippen LogP contribution in [0.3, 0.4) is 0 Å². The molecule has 9 heavy (non-hydrogen) atoms. The zero-order chi connectivity index (χ0) is 6.69. The van der Waals surface area contributed by atoms with Gasteiger partial charge >= 0.3 is 0 Å². The van der Waals surface area contributed by atoms with E-state index in [1.54, 1.807) is 6.07 Å². The lowest BCUT2D eigenvalue weighted by molar-refractivity contribution is 0.566. The van der Waals surface area contributed by atoms with Crippen LogP contribution >= 0.6 is 0 Å². The minimum absolute atomic E-state index is 0.434. The van der Waals surface area contributed by atoms with Gasteiger partial charge in [-0.05, 0) is 6.07 Å². The highest BCUT2D eigenvalue weighted by molar-refractivity contribution is 5.73. The molecule has 0 saturated heterocycles. The fourth-order valence-electron chi connectivity index (χ4n) is 0.501. The summed E-state index contributed by atoms with van der Waals surface area (Å²) in [7, 11) is 0. The van der Waals surface area contributed by atoms with Gasteiger partial charge in [-0.15, -0.1) is 0 Å². The first-order valence-electron chi connectivity index (χ1n) is 2.46. The van der Waals surface area contributed by atoms with Crippen molar-refractivity contribution in [2.75, 3.05) is 0 Å². The van der Waals surface area contributed by atoms with Gasteiger partial charge < -0.3 is 4.42 Å². The quantitative estimate of drug-likeness (QED) is 0.528. The number of rotatable bonds is 1. The van der Waals surface area contributed by atoms with Gasteiger partial charge in [-0.3, -0.25) is 0 Å². The molecule has 1 heterocycles. The number of hydrogen-bond acceptors (Lipinski definition) is 2. The molecule has 0 radical (unpaired) electrons. The zero-order valence-corrected chi connectivity index (χ0v) is 4.79. The zero-order valence-electron chi connectivity index (χ0n) is 4.79. The van der Waals surface area contributed by atoms with Gasteiger partial charge in [0.05, 0.1) is 24.2 Å². The Bertz CT molecular complexity index is 240. The molecule has 0 aromatic carbocycles. The van der Waals surface area contributed by atoms with Crippen LogP contribution in [0.4, 0.5) is 0 Å². The Labute approximate surface area is 53.0 Å². The van der Waals surface area contributed by atoms with Crippen molar-refractivity contribution in [3.8, 4) is 6.07 Å². The van der Waals surface area contributed by atoms with E-state index in [2.05, 4.69) is 6.58 Å². The molecule has 0 bridgehead atoms. The van der Waals surface area contributed by atoms with Gasteiger partial charge in [0.15, 0.2) is 0 Å². The molecule has 0 aliphatic carbocycles. The Balaban J connectivity index is 2.93. The van der Waals surface area contributed by atoms with Crippen molar-refractivity contribution < 1.29 is 4.42 Å². The number of nitrogens with zero attached hydrogens (tertiary/aromatic N) is 1. The number of allylic oxidation sites excluding steroid dienone is 1. The summed E-state index contributed by atoms with van der Waals surface area (Å²) in [5.74, 6) is 0. The smallest absolute Gasteiger partial charge is 0.0992 e. The Morgan fingerprint density at radius 3 is 3.00 bits per heavy atom. The summed E-state index contributed by atoms with van der Waals surface area (Å²) in [5, 5.41) is 8.32. The maximum Gasteiger partial charge on any atom is 0.0992 e. The van der Waals surface area contributed by atoms with Crippen molar-refractivity contribution >= 4 is 5.57 Å². The van der Waals surface area contributed by atoms with Crippen LogP contribution in [0.2, 0.25) is 0 Å². The maximum atomic E-state index is 8.32. The van der Waals surface area contributed by atoms with Crippen molar-refractivity contribution in [2.45, 2.75) is 0 Å². The highest BCUT2D eigenvalue weighted by Crippen LogP contribution is 2.09. The van der Waals surface area contributed by atoms with Crippen LogP contribution in [0.1, 0.15) is 5.56 Å². The van der Waals surface area contributed by atoms with E-state index in [4.69, 9.17) is 9.68 Å². The molecule has 1 aromatic heterocycles. The SMILES string of the molecule is C=C(C#N)c1ccoc1. The van der Waals surface area contributed by atoms with Crippen molar-refractivity contribution in [2.24, 2.45) is 0 Å². The number of hydrogen-bond donors (Lipinski definition) is 0. The van der Waals surface area contributed by atoms with Crippen molar-refractivity contribution in [1.82, 2.24) is 0 Å². The van der Waals surface area contributed by atoms with Gasteiger partial charge in [-0.1, -0.05) is 6.58 Å². The fourth-order valence-corrected chi connectivity index (χ4v) is 0.501. The monoisotopic (exact) mass is 119 g/mol. The van der Waals surface area contributed by atoms with Gasteiger partial charge in [0.1, 0.15) is 0 Å². The highest BCUT2D eigenvalue weighted by Gasteiger charge is 1.95. The summed E-state index contributed by atoms with van der Waals surface area (Å²) in [6.45, 7) is 3.49. The molecule has 0 fully saturated rings. The third kappa shape index (κ3) is 1.000. The second-order valence-electron chi connectivity index (χ2n) is 1.60. The van der Waals surface area contributed by atoms with E-state index in [-0.39, 0.29) is 0 Å². The molecule has 0 spiro atoms. The van der Waals surface area contributed by atoms with Crippen molar-refractivity contribution in [3.05, 3.63) is 30.7 Å². The van der Waals surface area contributed by atoms with Crippen LogP contribution in [-0.4, -0.2) is 0 Å². The van der Waals surface area contributed by atoms with E-state index < -0.39 is 0 Å². The number of nitriles is 1. The van der Waals surface area contributed by atoms with Crippen LogP contribution in [-0.2, 0) is 0 Å². The first kappa shape index (κ1) is 5.64. The number of furan rings is 1. The molecule has 1 aromatic rings. The topological polar surface area (TPSA) is 36.9 Å². The minimum atomic E-state index is 0.434. The average Bonchev–Trinajstić information content (AvgIpc) is 2.37. The molecular weight excluding hydrogens is 114 g/mol. The highest BCUT2D eigenvalue weighted by atomic mass is 16.3. The van der Waals surface area contributed by atoms with E-state index in [9.17, 15) is 0 Å². The standard InChI is InChI=1S/C7H5NO/c1-6(4-8)7-2-3-9-5-7/h2-3,5H,1H2. The first-order chi connectivity index (χ1) is 4.34. The van der Waals surface area contributed by atoms with Crippen molar-refractivity contribution in [3.63, 3.8) is 0 Å². The Kier molecular flexibility index (Phi) is 1.37. The van der Waals surface area contributed by atoms with E-state index in [0.29, 0.717) is 5.57 Å². The summed E-state index contributed by atoms with van der Waals surface area (Å²) < 4.78 is 4.73. The second kappa shape index (κ2) is 2.19. The molecule has 44 valence electrons. The normalized spacial score (nSPS) is 8.33. The molecule has 0 saturated carbocycles. The van der Waals surface area contributed by atoms with E-state index in [0.717, 1.165) is 5.56 Å². The van der Waals surface area contributed by atoms with E-state index >= 15 is 0 Å². The maximum absolute atomic E-state index is 8.32. The van der Waals surface area contributed by atoms with Crippen LogP contribution < -0.4 is 0 Å². The Morgan fingerprint density at radius 2 is 2.56 bits per heavy atom. The molecular formula is C7H5NO. The van der Waals surface area contributed by atoms with Crippen LogP contribution in [0.5, 0.6) is 0 Å². The summed E-state index contributed by atoms with van der Waals surface area (Å²) in [4.78, 5) is 0. The Hall–Kier alpha value is -1.49. The predicted molar refractivity (Wildman–Crippen MR) is 33.4 cm³/mol. The molecule has 0 aliphatic rings. The van der Waals surface area contributed by atoms with Gasteiger partial charge in [0, 0.05) is 5.56 Å². The molecule has 2 nitrogen and oxygen atoms in total. The van der Waals surface area contributed by atoms with E-state index in [1.165, 1.54) is 12.5 Å². The third-order valence-electron chi connectivity index (χ3n) is 1.00. The molecule has 2 heteroatoms. The van der Waals surface area contributed by atoms with Crippen LogP contribution in [0.15, 0.2) is 29.6 Å². The molecule has 0 aliphatic heterocycles. The van der Waals surface area contributed by atoms with Crippen LogP contribution in [0.25, 0.3) is 5.57 Å². The molecule has 0 atom stereocenters. The lowest BCUT2D eigenvalue weighted by atomic mass is 10.2. The van der Waals surface area contributed by atoms with Crippen molar-refractivity contribution in [1.29, 1.82) is 5.26 Å². The second-order valence-corrected chi connectivity index (χ2v) is 1.60.